The van der Waals surface area contributed by atoms with Crippen molar-refractivity contribution < 1.29 is 0 Å². The third-order valence-electron chi connectivity index (χ3n) is 1.22. The Kier molecular flexibility index (Phi) is 9.90. The topological polar surface area (TPSA) is 0 Å². The maximum absolute atomic E-state index is 2.12. The van der Waals surface area contributed by atoms with Crippen LogP contribution >= 0.6 is 24.0 Å². The summed E-state index contributed by atoms with van der Waals surface area (Å²) in [4.78, 5) is 0. The Balaban J connectivity index is 0. The van der Waals surface area contributed by atoms with Crippen molar-refractivity contribution in [3.63, 3.8) is 0 Å². The molecule has 0 amide bonds. The lowest BCUT2D eigenvalue weighted by molar-refractivity contribution is 1.40. The van der Waals surface area contributed by atoms with Crippen LogP contribution in [0.2, 0.25) is 0 Å². The smallest absolute Gasteiger partial charge is 0.0398 e. The monoisotopic (exact) mass is 264 g/mol. The number of hydrogen-bond acceptors (Lipinski definition) is 0. The van der Waals surface area contributed by atoms with E-state index in [1.54, 1.807) is 0 Å². The standard InChI is InChI=1S/C8H10.C2H6.HI/c1-7-3-5-8(2)6-4-7;1-2;/h3-6H,1-2H3;1-2H3;1H. The second kappa shape index (κ2) is 8.05. The highest BCUT2D eigenvalue weighted by atomic mass is 127. The zero-order chi connectivity index (χ0) is 7.98. The van der Waals surface area contributed by atoms with Gasteiger partial charge >= 0.3 is 0 Å². The molecule has 0 radical (unpaired) electrons. The molecule has 0 aliphatic carbocycles. The first-order valence-electron chi connectivity index (χ1n) is 3.82. The van der Waals surface area contributed by atoms with Gasteiger partial charge in [-0.25, -0.2) is 0 Å². The van der Waals surface area contributed by atoms with E-state index in [0.29, 0.717) is 0 Å². The molecule has 0 atom stereocenters. The van der Waals surface area contributed by atoms with Crippen molar-refractivity contribution in [2.45, 2.75) is 27.7 Å². The van der Waals surface area contributed by atoms with E-state index in [1.807, 2.05) is 13.8 Å². The summed E-state index contributed by atoms with van der Waals surface area (Å²) >= 11 is 0. The van der Waals surface area contributed by atoms with Gasteiger partial charge in [0, 0.05) is 0 Å². The van der Waals surface area contributed by atoms with Crippen LogP contribution in [0.5, 0.6) is 0 Å². The molecule has 0 heterocycles. The molecule has 0 bridgehead atoms. The number of aryl methyl sites for hydroxylation is 2. The number of hydrogen-bond donors (Lipinski definition) is 0. The van der Waals surface area contributed by atoms with Crippen molar-refractivity contribution >= 4 is 24.0 Å². The van der Waals surface area contributed by atoms with Crippen molar-refractivity contribution in [1.82, 2.24) is 0 Å². The molecule has 0 N–H and O–H groups in total. The highest BCUT2D eigenvalue weighted by Gasteiger charge is 1.79. The minimum absolute atomic E-state index is 0. The summed E-state index contributed by atoms with van der Waals surface area (Å²) in [6.07, 6.45) is 0. The average Bonchev–Trinajstić information content (AvgIpc) is 2.00. The first-order chi connectivity index (χ1) is 4.79. The third kappa shape index (κ3) is 6.35. The fourth-order valence-corrected chi connectivity index (χ4v) is 0.637. The van der Waals surface area contributed by atoms with Gasteiger partial charge < -0.3 is 0 Å². The molecule has 11 heavy (non-hydrogen) atoms. The van der Waals surface area contributed by atoms with Crippen LogP contribution in [0.25, 0.3) is 0 Å². The molecule has 1 heteroatoms. The second-order valence-corrected chi connectivity index (χ2v) is 2.15. The van der Waals surface area contributed by atoms with Gasteiger partial charge in [-0.05, 0) is 13.8 Å². The first-order valence-corrected chi connectivity index (χ1v) is 3.82. The fourth-order valence-electron chi connectivity index (χ4n) is 0.637. The largest absolute Gasteiger partial charge is 0.107 e. The van der Waals surface area contributed by atoms with Crippen LogP contribution in [-0.4, -0.2) is 0 Å². The summed E-state index contributed by atoms with van der Waals surface area (Å²) in [7, 11) is 0. The lowest BCUT2D eigenvalue weighted by Crippen LogP contribution is -1.70. The SMILES string of the molecule is CC.Cc1ccc(C)cc1.I. The van der Waals surface area contributed by atoms with E-state index in [-0.39, 0.29) is 24.0 Å². The van der Waals surface area contributed by atoms with E-state index in [2.05, 4.69) is 38.1 Å². The van der Waals surface area contributed by atoms with Gasteiger partial charge in [0.25, 0.3) is 0 Å². The summed E-state index contributed by atoms with van der Waals surface area (Å²) in [5.41, 5.74) is 2.66. The Bertz CT molecular complexity index is 144. The average molecular weight is 264 g/mol. The van der Waals surface area contributed by atoms with Gasteiger partial charge in [0.1, 0.15) is 0 Å². The third-order valence-corrected chi connectivity index (χ3v) is 1.22. The van der Waals surface area contributed by atoms with Gasteiger partial charge in [0.2, 0.25) is 0 Å². The summed E-state index contributed by atoms with van der Waals surface area (Å²) < 4.78 is 0. The van der Waals surface area contributed by atoms with Crippen LogP contribution in [0.1, 0.15) is 25.0 Å². The Morgan fingerprint density at radius 2 is 0.909 bits per heavy atom. The number of halogens is 1. The van der Waals surface area contributed by atoms with Crippen molar-refractivity contribution in [2.24, 2.45) is 0 Å². The normalized spacial score (nSPS) is 7.27. The second-order valence-electron chi connectivity index (χ2n) is 2.15. The maximum Gasteiger partial charge on any atom is -0.0398 e. The fraction of sp³-hybridized carbons (Fsp3) is 0.400. The number of benzene rings is 1. The molecule has 1 aromatic carbocycles. The molecule has 1 aromatic rings. The summed E-state index contributed by atoms with van der Waals surface area (Å²) in [5, 5.41) is 0. The zero-order valence-electron chi connectivity index (χ0n) is 7.72. The predicted molar refractivity (Wildman–Crippen MR) is 62.7 cm³/mol. The van der Waals surface area contributed by atoms with Gasteiger partial charge in [-0.1, -0.05) is 49.2 Å². The van der Waals surface area contributed by atoms with Crippen LogP contribution in [0.4, 0.5) is 0 Å². The molecule has 0 spiro atoms. The van der Waals surface area contributed by atoms with E-state index in [1.165, 1.54) is 11.1 Å². The van der Waals surface area contributed by atoms with Gasteiger partial charge in [-0.3, -0.25) is 0 Å². The van der Waals surface area contributed by atoms with Crippen molar-refractivity contribution in [3.05, 3.63) is 35.4 Å². The summed E-state index contributed by atoms with van der Waals surface area (Å²) in [6.45, 7) is 8.19. The molecular formula is C10H17I. The van der Waals surface area contributed by atoms with Gasteiger partial charge in [-0.15, -0.1) is 24.0 Å². The molecule has 64 valence electrons. The van der Waals surface area contributed by atoms with Gasteiger partial charge in [-0.2, -0.15) is 0 Å². The minimum Gasteiger partial charge on any atom is -0.107 e. The molecule has 0 aromatic heterocycles. The van der Waals surface area contributed by atoms with Crippen molar-refractivity contribution in [2.75, 3.05) is 0 Å². The van der Waals surface area contributed by atoms with E-state index in [0.717, 1.165) is 0 Å². The highest BCUT2D eigenvalue weighted by molar-refractivity contribution is 14.0. The molecule has 0 unspecified atom stereocenters. The van der Waals surface area contributed by atoms with E-state index < -0.39 is 0 Å². The van der Waals surface area contributed by atoms with E-state index in [4.69, 9.17) is 0 Å². The molecule has 0 aliphatic rings. The van der Waals surface area contributed by atoms with E-state index in [9.17, 15) is 0 Å². The minimum atomic E-state index is 0. The highest BCUT2D eigenvalue weighted by Crippen LogP contribution is 1.99. The number of rotatable bonds is 0. The molecule has 0 saturated carbocycles. The molecule has 0 nitrogen and oxygen atoms in total. The lowest BCUT2D eigenvalue weighted by atomic mass is 10.2. The quantitative estimate of drug-likeness (QED) is 0.622. The molecule has 0 aliphatic heterocycles. The van der Waals surface area contributed by atoms with Crippen LogP contribution < -0.4 is 0 Å². The van der Waals surface area contributed by atoms with Gasteiger partial charge in [0.05, 0.1) is 0 Å². The van der Waals surface area contributed by atoms with Gasteiger partial charge in [0.15, 0.2) is 0 Å². The zero-order valence-corrected chi connectivity index (χ0v) is 10.0. The Morgan fingerprint density at radius 1 is 0.727 bits per heavy atom. The molecular weight excluding hydrogens is 247 g/mol. The predicted octanol–water partition coefficient (Wildman–Crippen LogP) is 3.95. The summed E-state index contributed by atoms with van der Waals surface area (Å²) in [5.74, 6) is 0. The van der Waals surface area contributed by atoms with Crippen LogP contribution in [0.3, 0.4) is 0 Å². The lowest BCUT2D eigenvalue weighted by Gasteiger charge is -1.90. The van der Waals surface area contributed by atoms with E-state index >= 15 is 0 Å². The molecule has 0 saturated heterocycles. The van der Waals surface area contributed by atoms with Crippen LogP contribution in [-0.2, 0) is 0 Å². The Morgan fingerprint density at radius 3 is 1.09 bits per heavy atom. The van der Waals surface area contributed by atoms with Crippen LogP contribution in [0, 0.1) is 13.8 Å². The molecule has 1 rings (SSSR count). The van der Waals surface area contributed by atoms with Crippen molar-refractivity contribution in [3.8, 4) is 0 Å². The van der Waals surface area contributed by atoms with Crippen LogP contribution in [0.15, 0.2) is 24.3 Å². The first kappa shape index (κ1) is 13.5. The Hall–Kier alpha value is -0.0500. The molecule has 0 fully saturated rings. The summed E-state index contributed by atoms with van der Waals surface area (Å²) in [6, 6.07) is 8.48. The Labute approximate surface area is 87.0 Å². The maximum atomic E-state index is 2.12. The van der Waals surface area contributed by atoms with Crippen molar-refractivity contribution in [1.29, 1.82) is 0 Å².